The summed E-state index contributed by atoms with van der Waals surface area (Å²) >= 11 is 0. The molecule has 4 rings (SSSR count). The number of ether oxygens (including phenoxy) is 1. The van der Waals surface area contributed by atoms with E-state index in [1.54, 1.807) is 12.1 Å². The van der Waals surface area contributed by atoms with Gasteiger partial charge in [0.1, 0.15) is 12.4 Å². The summed E-state index contributed by atoms with van der Waals surface area (Å²) in [6.45, 7) is 6.76. The van der Waals surface area contributed by atoms with E-state index in [0.717, 1.165) is 33.2 Å². The zero-order valence-electron chi connectivity index (χ0n) is 21.9. The zero-order chi connectivity index (χ0) is 27.1. The van der Waals surface area contributed by atoms with Gasteiger partial charge in [-0.1, -0.05) is 87.5 Å². The molecule has 38 heavy (non-hydrogen) atoms. The molecular formula is C32H32N2O4. The largest absolute Gasteiger partial charge is 0.489 e. The number of rotatable bonds is 9. The Labute approximate surface area is 223 Å². The standard InChI is InChI=1S/C32H32N2O4/c1-32(2,3)27-15-12-24(13-16-27)29(18-19-30(35)36)33-34-31(37)25-10-8-22(9-11-25)21-38-28-17-14-23-6-4-5-7-26(23)20-28/h4-17,20H,18-19,21H2,1-3H3,(H,34,37)(H,35,36). The third-order valence-electron chi connectivity index (χ3n) is 6.29. The van der Waals surface area contributed by atoms with Gasteiger partial charge in [-0.15, -0.1) is 0 Å². The van der Waals surface area contributed by atoms with Crippen LogP contribution in [0, 0.1) is 0 Å². The average Bonchev–Trinajstić information content (AvgIpc) is 2.91. The van der Waals surface area contributed by atoms with Crippen LogP contribution in [0.2, 0.25) is 0 Å². The first-order valence-electron chi connectivity index (χ1n) is 12.6. The first kappa shape index (κ1) is 26.6. The van der Waals surface area contributed by atoms with E-state index in [1.807, 2.05) is 72.8 Å². The van der Waals surface area contributed by atoms with E-state index in [0.29, 0.717) is 17.9 Å². The van der Waals surface area contributed by atoms with Gasteiger partial charge in [-0.25, -0.2) is 5.43 Å². The molecular weight excluding hydrogens is 476 g/mol. The summed E-state index contributed by atoms with van der Waals surface area (Å²) in [4.78, 5) is 23.9. The van der Waals surface area contributed by atoms with Crippen molar-refractivity contribution >= 4 is 28.4 Å². The summed E-state index contributed by atoms with van der Waals surface area (Å²) < 4.78 is 5.93. The molecule has 1 amide bonds. The topological polar surface area (TPSA) is 88.0 Å². The highest BCUT2D eigenvalue weighted by molar-refractivity contribution is 6.03. The third kappa shape index (κ3) is 7.07. The van der Waals surface area contributed by atoms with Gasteiger partial charge in [-0.05, 0) is 57.1 Å². The predicted octanol–water partition coefficient (Wildman–Crippen LogP) is 6.72. The van der Waals surface area contributed by atoms with Crippen molar-refractivity contribution in [2.45, 2.75) is 45.6 Å². The van der Waals surface area contributed by atoms with Crippen molar-refractivity contribution in [2.24, 2.45) is 5.10 Å². The highest BCUT2D eigenvalue weighted by Gasteiger charge is 2.15. The molecule has 4 aromatic carbocycles. The molecule has 0 heterocycles. The minimum atomic E-state index is -0.920. The minimum Gasteiger partial charge on any atom is -0.489 e. The summed E-state index contributed by atoms with van der Waals surface area (Å²) in [6, 6.07) is 29.1. The number of amides is 1. The number of carboxylic acids is 1. The molecule has 0 aliphatic rings. The van der Waals surface area contributed by atoms with Crippen molar-refractivity contribution in [3.05, 3.63) is 113 Å². The lowest BCUT2D eigenvalue weighted by atomic mass is 9.86. The number of aliphatic carboxylic acids is 1. The van der Waals surface area contributed by atoms with Crippen LogP contribution in [-0.4, -0.2) is 22.7 Å². The highest BCUT2D eigenvalue weighted by Crippen LogP contribution is 2.23. The van der Waals surface area contributed by atoms with Gasteiger partial charge in [0, 0.05) is 12.0 Å². The third-order valence-corrected chi connectivity index (χ3v) is 6.29. The van der Waals surface area contributed by atoms with Gasteiger partial charge in [-0.2, -0.15) is 5.10 Å². The van der Waals surface area contributed by atoms with Crippen LogP contribution in [0.3, 0.4) is 0 Å². The Kier molecular flexibility index (Phi) is 8.22. The summed E-state index contributed by atoms with van der Waals surface area (Å²) in [7, 11) is 0. The second-order valence-corrected chi connectivity index (χ2v) is 10.2. The smallest absolute Gasteiger partial charge is 0.303 e. The molecule has 0 radical (unpaired) electrons. The van der Waals surface area contributed by atoms with E-state index in [-0.39, 0.29) is 24.2 Å². The van der Waals surface area contributed by atoms with Crippen LogP contribution >= 0.6 is 0 Å². The summed E-state index contributed by atoms with van der Waals surface area (Å²) in [5.41, 5.74) is 6.41. The van der Waals surface area contributed by atoms with E-state index >= 15 is 0 Å². The van der Waals surface area contributed by atoms with Crippen LogP contribution in [0.4, 0.5) is 0 Å². The molecule has 4 aromatic rings. The Morgan fingerprint density at radius 1 is 0.816 bits per heavy atom. The molecule has 0 fully saturated rings. The Balaban J connectivity index is 1.40. The predicted molar refractivity (Wildman–Crippen MR) is 151 cm³/mol. The van der Waals surface area contributed by atoms with Crippen molar-refractivity contribution in [2.75, 3.05) is 0 Å². The number of hydrazone groups is 1. The van der Waals surface area contributed by atoms with Gasteiger partial charge in [0.15, 0.2) is 0 Å². The van der Waals surface area contributed by atoms with Gasteiger partial charge in [-0.3, -0.25) is 9.59 Å². The molecule has 0 aliphatic heterocycles. The number of hydrogen-bond acceptors (Lipinski definition) is 4. The molecule has 194 valence electrons. The van der Waals surface area contributed by atoms with Gasteiger partial charge < -0.3 is 9.84 Å². The van der Waals surface area contributed by atoms with E-state index in [2.05, 4.69) is 37.4 Å². The molecule has 0 unspecified atom stereocenters. The fraction of sp³-hybridized carbons (Fsp3) is 0.219. The first-order valence-corrected chi connectivity index (χ1v) is 12.6. The fourth-order valence-electron chi connectivity index (χ4n) is 4.01. The SMILES string of the molecule is CC(C)(C)c1ccc(C(CCC(=O)O)=NNC(=O)c2ccc(COc3ccc4ccccc4c3)cc2)cc1. The summed E-state index contributed by atoms with van der Waals surface area (Å²) in [5.74, 6) is -0.507. The molecule has 0 saturated heterocycles. The van der Waals surface area contributed by atoms with E-state index in [1.165, 1.54) is 0 Å². The summed E-state index contributed by atoms with van der Waals surface area (Å²) in [5, 5.41) is 15.7. The van der Waals surface area contributed by atoms with E-state index in [9.17, 15) is 9.59 Å². The number of carboxylic acid groups (broad SMARTS) is 1. The Hall–Kier alpha value is -4.45. The molecule has 0 spiro atoms. The molecule has 2 N–H and O–H groups in total. The maximum absolute atomic E-state index is 12.8. The summed E-state index contributed by atoms with van der Waals surface area (Å²) in [6.07, 6.45) is 0.122. The molecule has 0 atom stereocenters. The van der Waals surface area contributed by atoms with E-state index in [4.69, 9.17) is 9.84 Å². The van der Waals surface area contributed by atoms with Crippen molar-refractivity contribution in [3.63, 3.8) is 0 Å². The van der Waals surface area contributed by atoms with Crippen molar-refractivity contribution in [1.29, 1.82) is 0 Å². The lowest BCUT2D eigenvalue weighted by Gasteiger charge is -2.19. The van der Waals surface area contributed by atoms with Crippen molar-refractivity contribution < 1.29 is 19.4 Å². The highest BCUT2D eigenvalue weighted by atomic mass is 16.5. The monoisotopic (exact) mass is 508 g/mol. The number of carbonyl (C=O) groups excluding carboxylic acids is 1. The number of nitrogens with zero attached hydrogens (tertiary/aromatic N) is 1. The second kappa shape index (κ2) is 11.7. The normalized spacial score (nSPS) is 11.8. The van der Waals surface area contributed by atoms with E-state index < -0.39 is 5.97 Å². The lowest BCUT2D eigenvalue weighted by molar-refractivity contribution is -0.136. The molecule has 6 nitrogen and oxygen atoms in total. The van der Waals surface area contributed by atoms with Crippen LogP contribution in [0.25, 0.3) is 10.8 Å². The van der Waals surface area contributed by atoms with Gasteiger partial charge >= 0.3 is 5.97 Å². The van der Waals surface area contributed by atoms with Gasteiger partial charge in [0.25, 0.3) is 5.91 Å². The van der Waals surface area contributed by atoms with Gasteiger partial charge in [0.2, 0.25) is 0 Å². The first-order chi connectivity index (χ1) is 18.2. The Morgan fingerprint density at radius 3 is 2.13 bits per heavy atom. The Morgan fingerprint density at radius 2 is 1.47 bits per heavy atom. The molecule has 0 bridgehead atoms. The Bertz CT molecular complexity index is 1450. The van der Waals surface area contributed by atoms with Crippen molar-refractivity contribution in [3.8, 4) is 5.75 Å². The molecule has 0 aliphatic carbocycles. The zero-order valence-corrected chi connectivity index (χ0v) is 21.9. The fourth-order valence-corrected chi connectivity index (χ4v) is 4.01. The average molecular weight is 509 g/mol. The van der Waals surface area contributed by atoms with Crippen LogP contribution in [0.15, 0.2) is 96.1 Å². The quantitative estimate of drug-likeness (QED) is 0.194. The molecule has 0 aromatic heterocycles. The minimum absolute atomic E-state index is 0.00219. The van der Waals surface area contributed by atoms with Gasteiger partial charge in [0.05, 0.1) is 12.1 Å². The maximum Gasteiger partial charge on any atom is 0.303 e. The lowest BCUT2D eigenvalue weighted by Crippen LogP contribution is -2.21. The maximum atomic E-state index is 12.8. The number of nitrogens with one attached hydrogen (secondary N) is 1. The number of carbonyl (C=O) groups is 2. The van der Waals surface area contributed by atoms with Crippen molar-refractivity contribution in [1.82, 2.24) is 5.43 Å². The molecule has 0 saturated carbocycles. The number of benzene rings is 4. The second-order valence-electron chi connectivity index (χ2n) is 10.2. The van der Waals surface area contributed by atoms with Crippen LogP contribution < -0.4 is 10.2 Å². The number of hydrogen-bond donors (Lipinski definition) is 2. The number of fused-ring (bicyclic) bond motifs is 1. The van der Waals surface area contributed by atoms with Crippen LogP contribution in [0.1, 0.15) is 60.7 Å². The van der Waals surface area contributed by atoms with Crippen LogP contribution in [-0.2, 0) is 16.8 Å². The molecule has 6 heteroatoms. The van der Waals surface area contributed by atoms with Crippen LogP contribution in [0.5, 0.6) is 5.75 Å².